The van der Waals surface area contributed by atoms with Crippen LogP contribution in [-0.4, -0.2) is 9.83 Å². The molecule has 0 atom stereocenters. The standard InChI is InChI=1S/C14H18BrN3O2/c1-10(16)2-9-14(17)20-12-6-3-11(4-7-12)5-8-13(15)18-19/h2-4,6-7,9,19H,5,8,16-17H2,1H3/b10-2-,14-9+,18-13+. The molecule has 108 valence electrons. The van der Waals surface area contributed by atoms with Gasteiger partial charge in [0.05, 0.1) is 0 Å². The van der Waals surface area contributed by atoms with Crippen molar-refractivity contribution in [3.63, 3.8) is 0 Å². The molecule has 0 aliphatic rings. The number of oxime groups is 1. The van der Waals surface area contributed by atoms with Gasteiger partial charge in [0.1, 0.15) is 10.4 Å². The van der Waals surface area contributed by atoms with Crippen LogP contribution in [0.4, 0.5) is 0 Å². The van der Waals surface area contributed by atoms with E-state index in [0.29, 0.717) is 22.5 Å². The maximum atomic E-state index is 8.53. The van der Waals surface area contributed by atoms with Gasteiger partial charge in [-0.3, -0.25) is 0 Å². The van der Waals surface area contributed by atoms with Crippen molar-refractivity contribution >= 4 is 20.6 Å². The van der Waals surface area contributed by atoms with Gasteiger partial charge in [0, 0.05) is 12.1 Å². The third-order valence-corrected chi connectivity index (χ3v) is 2.95. The van der Waals surface area contributed by atoms with Crippen LogP contribution in [0, 0.1) is 0 Å². The minimum absolute atomic E-state index is 0.276. The monoisotopic (exact) mass is 339 g/mol. The molecule has 0 aliphatic carbocycles. The van der Waals surface area contributed by atoms with Gasteiger partial charge in [-0.25, -0.2) is 0 Å². The lowest BCUT2D eigenvalue weighted by Crippen LogP contribution is -2.05. The smallest absolute Gasteiger partial charge is 0.190 e. The molecule has 0 fully saturated rings. The second-order valence-electron chi connectivity index (χ2n) is 4.20. The average Bonchev–Trinajstić information content (AvgIpc) is 2.44. The van der Waals surface area contributed by atoms with Gasteiger partial charge >= 0.3 is 0 Å². The van der Waals surface area contributed by atoms with Crippen LogP contribution in [0.3, 0.4) is 0 Å². The molecule has 1 aromatic rings. The predicted octanol–water partition coefficient (Wildman–Crippen LogP) is 2.84. The summed E-state index contributed by atoms with van der Waals surface area (Å²) in [6.45, 7) is 1.77. The van der Waals surface area contributed by atoms with Gasteiger partial charge in [0.2, 0.25) is 0 Å². The quantitative estimate of drug-likeness (QED) is 0.244. The molecule has 0 radical (unpaired) electrons. The fourth-order valence-electron chi connectivity index (χ4n) is 1.41. The Morgan fingerprint density at radius 2 is 1.95 bits per heavy atom. The molecule has 0 aliphatic heterocycles. The first-order chi connectivity index (χ1) is 9.51. The average molecular weight is 340 g/mol. The van der Waals surface area contributed by atoms with E-state index >= 15 is 0 Å². The van der Waals surface area contributed by atoms with E-state index in [1.807, 2.05) is 24.3 Å². The summed E-state index contributed by atoms with van der Waals surface area (Å²) in [5.74, 6) is 0.929. The number of aryl methyl sites for hydroxylation is 1. The maximum absolute atomic E-state index is 8.53. The van der Waals surface area contributed by atoms with Crippen LogP contribution in [0.5, 0.6) is 5.75 Å². The zero-order chi connectivity index (χ0) is 15.0. The Bertz CT molecular complexity index is 518. The molecular formula is C14H18BrN3O2. The summed E-state index contributed by atoms with van der Waals surface area (Å²) in [5, 5.41) is 11.6. The Hall–Kier alpha value is -1.95. The highest BCUT2D eigenvalue weighted by Gasteiger charge is 2.00. The minimum atomic E-state index is 0.276. The molecule has 0 saturated carbocycles. The van der Waals surface area contributed by atoms with Crippen LogP contribution in [0.1, 0.15) is 18.9 Å². The molecule has 0 heterocycles. The number of hydrogen-bond acceptors (Lipinski definition) is 5. The number of rotatable bonds is 6. The Morgan fingerprint density at radius 1 is 1.30 bits per heavy atom. The first kappa shape index (κ1) is 16.1. The Labute approximate surface area is 126 Å². The third kappa shape index (κ3) is 6.29. The SMILES string of the molecule is C/C(N)=C/C=C(\N)Oc1ccc(CC/C(Br)=N\O)cc1. The summed E-state index contributed by atoms with van der Waals surface area (Å²) < 4.78 is 5.95. The van der Waals surface area contributed by atoms with Crippen molar-refractivity contribution in [3.05, 3.63) is 53.6 Å². The summed E-state index contributed by atoms with van der Waals surface area (Å²) in [7, 11) is 0. The van der Waals surface area contributed by atoms with Crippen molar-refractivity contribution < 1.29 is 9.94 Å². The van der Waals surface area contributed by atoms with Crippen LogP contribution in [-0.2, 0) is 6.42 Å². The third-order valence-electron chi connectivity index (χ3n) is 2.40. The highest BCUT2D eigenvalue weighted by molar-refractivity contribution is 9.18. The maximum Gasteiger partial charge on any atom is 0.190 e. The minimum Gasteiger partial charge on any atom is -0.442 e. The van der Waals surface area contributed by atoms with Gasteiger partial charge in [0.25, 0.3) is 0 Å². The first-order valence-electron chi connectivity index (χ1n) is 6.04. The van der Waals surface area contributed by atoms with Crippen molar-refractivity contribution in [1.82, 2.24) is 0 Å². The van der Waals surface area contributed by atoms with Crippen molar-refractivity contribution in [3.8, 4) is 5.75 Å². The van der Waals surface area contributed by atoms with Crippen molar-refractivity contribution in [2.45, 2.75) is 19.8 Å². The molecule has 0 bridgehead atoms. The van der Waals surface area contributed by atoms with E-state index in [-0.39, 0.29) is 5.88 Å². The molecule has 5 nitrogen and oxygen atoms in total. The molecule has 1 rings (SSSR count). The highest BCUT2D eigenvalue weighted by Crippen LogP contribution is 2.15. The number of nitrogens with two attached hydrogens (primary N) is 2. The van der Waals surface area contributed by atoms with E-state index in [1.165, 1.54) is 0 Å². The lowest BCUT2D eigenvalue weighted by molar-refractivity contribution is 0.319. The first-order valence-corrected chi connectivity index (χ1v) is 6.83. The second kappa shape index (κ2) is 8.27. The van der Waals surface area contributed by atoms with Crippen molar-refractivity contribution in [2.75, 3.05) is 0 Å². The molecule has 0 aromatic heterocycles. The zero-order valence-electron chi connectivity index (χ0n) is 11.2. The number of halogens is 1. The summed E-state index contributed by atoms with van der Waals surface area (Å²) in [6.07, 6.45) is 4.69. The summed E-state index contributed by atoms with van der Waals surface area (Å²) in [6, 6.07) is 7.53. The number of nitrogens with zero attached hydrogens (tertiary/aromatic N) is 1. The summed E-state index contributed by atoms with van der Waals surface area (Å²) in [5.41, 5.74) is 13.0. The Kier molecular flexibility index (Phi) is 6.66. The van der Waals surface area contributed by atoms with Gasteiger partial charge < -0.3 is 21.4 Å². The predicted molar refractivity (Wildman–Crippen MR) is 83.8 cm³/mol. The number of allylic oxidation sites excluding steroid dienone is 3. The second-order valence-corrected chi connectivity index (χ2v) is 5.12. The topological polar surface area (TPSA) is 93.9 Å². The number of ether oxygens (including phenoxy) is 1. The molecular weight excluding hydrogens is 322 g/mol. The molecule has 0 amide bonds. The van der Waals surface area contributed by atoms with E-state index in [9.17, 15) is 0 Å². The molecule has 0 saturated heterocycles. The Morgan fingerprint density at radius 3 is 2.50 bits per heavy atom. The van der Waals surface area contributed by atoms with Crippen molar-refractivity contribution in [2.24, 2.45) is 16.6 Å². The van der Waals surface area contributed by atoms with Gasteiger partial charge in [-0.1, -0.05) is 17.3 Å². The van der Waals surface area contributed by atoms with Crippen LogP contribution in [0.15, 0.2) is 53.2 Å². The molecule has 5 N–H and O–H groups in total. The normalized spacial score (nSPS) is 13.4. The fraction of sp³-hybridized carbons (Fsp3) is 0.214. The van der Waals surface area contributed by atoms with E-state index in [1.54, 1.807) is 19.1 Å². The van der Waals surface area contributed by atoms with Crippen LogP contribution >= 0.6 is 15.9 Å². The van der Waals surface area contributed by atoms with Gasteiger partial charge in [-0.15, -0.1) is 0 Å². The zero-order valence-corrected chi connectivity index (χ0v) is 12.8. The lowest BCUT2D eigenvalue weighted by Gasteiger charge is -2.06. The van der Waals surface area contributed by atoms with Gasteiger partial charge in [0.15, 0.2) is 5.88 Å². The Balaban J connectivity index is 2.58. The largest absolute Gasteiger partial charge is 0.442 e. The van der Waals surface area contributed by atoms with E-state index in [0.717, 1.165) is 12.0 Å². The van der Waals surface area contributed by atoms with Crippen molar-refractivity contribution in [1.29, 1.82) is 0 Å². The van der Waals surface area contributed by atoms with E-state index in [2.05, 4.69) is 21.1 Å². The van der Waals surface area contributed by atoms with E-state index in [4.69, 9.17) is 21.4 Å². The van der Waals surface area contributed by atoms with Crippen LogP contribution in [0.2, 0.25) is 0 Å². The summed E-state index contributed by atoms with van der Waals surface area (Å²) in [4.78, 5) is 0. The fourth-order valence-corrected chi connectivity index (χ4v) is 1.60. The van der Waals surface area contributed by atoms with E-state index < -0.39 is 0 Å². The van der Waals surface area contributed by atoms with Crippen LogP contribution < -0.4 is 16.2 Å². The lowest BCUT2D eigenvalue weighted by atomic mass is 10.1. The molecule has 20 heavy (non-hydrogen) atoms. The highest BCUT2D eigenvalue weighted by atomic mass is 79.9. The molecule has 0 unspecified atom stereocenters. The molecule has 0 spiro atoms. The number of benzene rings is 1. The molecule has 1 aromatic carbocycles. The summed E-state index contributed by atoms with van der Waals surface area (Å²) >= 11 is 3.15. The van der Waals surface area contributed by atoms with Crippen LogP contribution in [0.25, 0.3) is 0 Å². The van der Waals surface area contributed by atoms with Gasteiger partial charge in [-0.2, -0.15) is 0 Å². The number of hydrogen-bond donors (Lipinski definition) is 3. The molecule has 6 heteroatoms. The van der Waals surface area contributed by atoms with Gasteiger partial charge in [-0.05, 0) is 59.1 Å².